The fourth-order valence-corrected chi connectivity index (χ4v) is 5.19. The third-order valence-corrected chi connectivity index (χ3v) is 7.66. The van der Waals surface area contributed by atoms with Gasteiger partial charge in [0, 0.05) is 35.8 Å². The molecule has 1 aromatic heterocycles. The number of pyridine rings is 1. The van der Waals surface area contributed by atoms with Crippen molar-refractivity contribution in [2.45, 2.75) is 77.3 Å². The number of nitrogens with zero attached hydrogens (tertiary/aromatic N) is 2. The Labute approximate surface area is 241 Å². The standard InChI is InChI=1S/C32H37ClN4O3/c1-22-14-19-27(21-23(22)2)37(30(39)13-8-12-29(38)36-28-11-6-7-20-34-28)31(24-15-17-25(33)18-16-24)32(40)35-26-9-4-3-5-10-26/h6-7,11,14-21,26,31H,3-5,8-10,12-13H2,1-2H3,(H,35,40)(H,34,36,38). The Morgan fingerprint density at radius 3 is 2.38 bits per heavy atom. The van der Waals surface area contributed by atoms with E-state index in [9.17, 15) is 14.4 Å². The number of rotatable bonds is 10. The molecule has 3 aromatic rings. The largest absolute Gasteiger partial charge is 0.351 e. The number of anilines is 2. The second kappa shape index (κ2) is 14.1. The van der Waals surface area contributed by atoms with Crippen LogP contribution in [0.3, 0.4) is 0 Å². The maximum absolute atomic E-state index is 13.9. The molecule has 0 spiro atoms. The number of hydrogen-bond donors (Lipinski definition) is 2. The van der Waals surface area contributed by atoms with Crippen LogP contribution in [0.2, 0.25) is 5.02 Å². The van der Waals surface area contributed by atoms with E-state index in [1.54, 1.807) is 53.6 Å². The number of aromatic nitrogens is 1. The summed E-state index contributed by atoms with van der Waals surface area (Å²) >= 11 is 6.18. The van der Waals surface area contributed by atoms with Crippen LogP contribution in [-0.2, 0) is 14.4 Å². The third-order valence-electron chi connectivity index (χ3n) is 7.41. The first-order valence-corrected chi connectivity index (χ1v) is 14.4. The van der Waals surface area contributed by atoms with Crippen LogP contribution in [0.5, 0.6) is 0 Å². The first-order valence-electron chi connectivity index (χ1n) is 14.0. The number of halogens is 1. The molecular formula is C32H37ClN4O3. The van der Waals surface area contributed by atoms with Crippen LogP contribution >= 0.6 is 11.6 Å². The van der Waals surface area contributed by atoms with Crippen molar-refractivity contribution in [2.75, 3.05) is 10.2 Å². The zero-order valence-corrected chi connectivity index (χ0v) is 23.9. The fourth-order valence-electron chi connectivity index (χ4n) is 5.06. The summed E-state index contributed by atoms with van der Waals surface area (Å²) in [5.41, 5.74) is 3.44. The number of aryl methyl sites for hydroxylation is 2. The molecule has 210 valence electrons. The summed E-state index contributed by atoms with van der Waals surface area (Å²) in [7, 11) is 0. The van der Waals surface area contributed by atoms with Crippen LogP contribution in [0.4, 0.5) is 11.5 Å². The number of nitrogens with one attached hydrogen (secondary N) is 2. The zero-order valence-electron chi connectivity index (χ0n) is 23.2. The van der Waals surface area contributed by atoms with Crippen LogP contribution in [0, 0.1) is 13.8 Å². The van der Waals surface area contributed by atoms with E-state index in [1.807, 2.05) is 32.0 Å². The summed E-state index contributed by atoms with van der Waals surface area (Å²) in [5.74, 6) is -0.187. The topological polar surface area (TPSA) is 91.4 Å². The van der Waals surface area contributed by atoms with Crippen LogP contribution < -0.4 is 15.5 Å². The molecule has 1 heterocycles. The Morgan fingerprint density at radius 2 is 1.70 bits per heavy atom. The Bertz CT molecular complexity index is 1310. The quantitative estimate of drug-likeness (QED) is 0.289. The van der Waals surface area contributed by atoms with Gasteiger partial charge in [0.15, 0.2) is 0 Å². The maximum atomic E-state index is 13.9. The highest BCUT2D eigenvalue weighted by atomic mass is 35.5. The SMILES string of the molecule is Cc1ccc(N(C(=O)CCCC(=O)Nc2ccccn2)C(C(=O)NC2CCCCC2)c2ccc(Cl)cc2)cc1C. The van der Waals surface area contributed by atoms with Gasteiger partial charge >= 0.3 is 0 Å². The average Bonchev–Trinajstić information content (AvgIpc) is 2.95. The number of amides is 3. The molecule has 1 saturated carbocycles. The summed E-state index contributed by atoms with van der Waals surface area (Å²) in [5, 5.41) is 6.54. The van der Waals surface area contributed by atoms with Gasteiger partial charge in [-0.1, -0.05) is 55.1 Å². The van der Waals surface area contributed by atoms with E-state index in [0.717, 1.165) is 36.8 Å². The summed E-state index contributed by atoms with van der Waals surface area (Å²) in [6.45, 7) is 4.00. The molecule has 7 nitrogen and oxygen atoms in total. The van der Waals surface area contributed by atoms with E-state index in [1.165, 1.54) is 6.42 Å². The highest BCUT2D eigenvalue weighted by Gasteiger charge is 2.34. The molecule has 0 bridgehead atoms. The molecular weight excluding hydrogens is 524 g/mol. The molecule has 40 heavy (non-hydrogen) atoms. The summed E-state index contributed by atoms with van der Waals surface area (Å²) in [6, 6.07) is 17.4. The predicted octanol–water partition coefficient (Wildman–Crippen LogP) is 6.68. The van der Waals surface area contributed by atoms with Gasteiger partial charge in [-0.25, -0.2) is 4.98 Å². The van der Waals surface area contributed by atoms with Crippen molar-refractivity contribution >= 4 is 40.8 Å². The molecule has 0 saturated heterocycles. The minimum absolute atomic E-state index is 0.0862. The fraction of sp³-hybridized carbons (Fsp3) is 0.375. The number of carbonyl (C=O) groups excluding carboxylic acids is 3. The first kappa shape index (κ1) is 29.3. The molecule has 1 aliphatic carbocycles. The lowest BCUT2D eigenvalue weighted by atomic mass is 9.94. The Balaban J connectivity index is 1.59. The van der Waals surface area contributed by atoms with E-state index in [4.69, 9.17) is 11.6 Å². The molecule has 1 aliphatic rings. The highest BCUT2D eigenvalue weighted by molar-refractivity contribution is 6.30. The Hall–Kier alpha value is -3.71. The number of carbonyl (C=O) groups is 3. The first-order chi connectivity index (χ1) is 19.3. The smallest absolute Gasteiger partial charge is 0.248 e. The summed E-state index contributed by atoms with van der Waals surface area (Å²) in [4.78, 5) is 46.1. The molecule has 2 aromatic carbocycles. The van der Waals surface area contributed by atoms with E-state index in [-0.39, 0.29) is 36.6 Å². The van der Waals surface area contributed by atoms with Crippen molar-refractivity contribution in [1.29, 1.82) is 0 Å². The molecule has 0 radical (unpaired) electrons. The van der Waals surface area contributed by atoms with Crippen molar-refractivity contribution in [3.63, 3.8) is 0 Å². The Morgan fingerprint density at radius 1 is 0.950 bits per heavy atom. The van der Waals surface area contributed by atoms with Gasteiger partial charge in [0.1, 0.15) is 11.9 Å². The lowest BCUT2D eigenvalue weighted by Gasteiger charge is -2.34. The van der Waals surface area contributed by atoms with Crippen molar-refractivity contribution in [3.05, 3.63) is 88.6 Å². The molecule has 2 N–H and O–H groups in total. The van der Waals surface area contributed by atoms with Crippen molar-refractivity contribution < 1.29 is 14.4 Å². The van der Waals surface area contributed by atoms with Gasteiger partial charge in [-0.2, -0.15) is 0 Å². The molecule has 8 heteroatoms. The second-order valence-corrected chi connectivity index (χ2v) is 10.9. The van der Waals surface area contributed by atoms with Gasteiger partial charge in [-0.3, -0.25) is 19.3 Å². The van der Waals surface area contributed by atoms with Gasteiger partial charge in [0.05, 0.1) is 0 Å². The van der Waals surface area contributed by atoms with E-state index < -0.39 is 6.04 Å². The van der Waals surface area contributed by atoms with Crippen molar-refractivity contribution in [3.8, 4) is 0 Å². The lowest BCUT2D eigenvalue weighted by molar-refractivity contribution is -0.127. The molecule has 0 aliphatic heterocycles. The average molecular weight is 561 g/mol. The van der Waals surface area contributed by atoms with E-state index in [0.29, 0.717) is 28.5 Å². The predicted molar refractivity (Wildman–Crippen MR) is 159 cm³/mol. The van der Waals surface area contributed by atoms with Crippen LogP contribution in [0.25, 0.3) is 0 Å². The monoisotopic (exact) mass is 560 g/mol. The number of hydrogen-bond acceptors (Lipinski definition) is 4. The van der Waals surface area contributed by atoms with Gasteiger partial charge in [0.2, 0.25) is 17.7 Å². The van der Waals surface area contributed by atoms with E-state index >= 15 is 0 Å². The molecule has 1 atom stereocenters. The van der Waals surface area contributed by atoms with Crippen LogP contribution in [0.1, 0.15) is 74.1 Å². The third kappa shape index (κ3) is 7.92. The Kier molecular flexibility index (Phi) is 10.3. The summed E-state index contributed by atoms with van der Waals surface area (Å²) < 4.78 is 0. The van der Waals surface area contributed by atoms with Crippen LogP contribution in [0.15, 0.2) is 66.9 Å². The molecule has 3 amide bonds. The second-order valence-electron chi connectivity index (χ2n) is 10.4. The summed E-state index contributed by atoms with van der Waals surface area (Å²) in [6.07, 6.45) is 7.39. The number of benzene rings is 2. The van der Waals surface area contributed by atoms with E-state index in [2.05, 4.69) is 15.6 Å². The molecule has 1 fully saturated rings. The zero-order chi connectivity index (χ0) is 28.5. The minimum atomic E-state index is -0.879. The van der Waals surface area contributed by atoms with Gasteiger partial charge in [0.25, 0.3) is 0 Å². The normalized spacial score (nSPS) is 14.3. The molecule has 4 rings (SSSR count). The van der Waals surface area contributed by atoms with Crippen molar-refractivity contribution in [2.24, 2.45) is 0 Å². The maximum Gasteiger partial charge on any atom is 0.248 e. The van der Waals surface area contributed by atoms with Crippen molar-refractivity contribution in [1.82, 2.24) is 10.3 Å². The lowest BCUT2D eigenvalue weighted by Crippen LogP contribution is -2.47. The highest BCUT2D eigenvalue weighted by Crippen LogP contribution is 2.32. The van der Waals surface area contributed by atoms with Gasteiger partial charge < -0.3 is 10.6 Å². The van der Waals surface area contributed by atoms with Gasteiger partial charge in [-0.15, -0.1) is 0 Å². The molecule has 1 unspecified atom stereocenters. The van der Waals surface area contributed by atoms with Crippen LogP contribution in [-0.4, -0.2) is 28.7 Å². The van der Waals surface area contributed by atoms with Gasteiger partial charge in [-0.05, 0) is 86.2 Å². The minimum Gasteiger partial charge on any atom is -0.351 e.